The van der Waals surface area contributed by atoms with E-state index in [1.165, 1.54) is 12.8 Å². The van der Waals surface area contributed by atoms with E-state index in [9.17, 15) is 0 Å². The molecular weight excluding hydrogens is 154 g/mol. The number of allylic oxidation sites excluding steroid dienone is 1. The van der Waals surface area contributed by atoms with Gasteiger partial charge in [-0.2, -0.15) is 0 Å². The van der Waals surface area contributed by atoms with Crippen molar-refractivity contribution in [1.29, 1.82) is 0 Å². The van der Waals surface area contributed by atoms with Gasteiger partial charge in [-0.15, -0.1) is 0 Å². The molecule has 0 bridgehead atoms. The van der Waals surface area contributed by atoms with Crippen molar-refractivity contribution in [3.8, 4) is 0 Å². The topological polar surface area (TPSA) is 36.5 Å². The molecule has 2 rings (SSSR count). The predicted octanol–water partition coefficient (Wildman–Crippen LogP) is 0.352. The number of nitrogens with zero attached hydrogens (tertiary/aromatic N) is 1. The molecule has 1 saturated heterocycles. The predicted molar refractivity (Wildman–Crippen MR) is 45.7 cm³/mol. The van der Waals surface area contributed by atoms with Crippen LogP contribution in [-0.2, 0) is 4.84 Å². The van der Waals surface area contributed by atoms with Crippen LogP contribution in [0.25, 0.3) is 0 Å². The number of nitrogens with one attached hydrogen (secondary N) is 2. The van der Waals surface area contributed by atoms with Gasteiger partial charge in [0.2, 0.25) is 0 Å². The van der Waals surface area contributed by atoms with Crippen LogP contribution in [0.5, 0.6) is 0 Å². The third kappa shape index (κ3) is 1.54. The van der Waals surface area contributed by atoms with Crippen LogP contribution in [-0.4, -0.2) is 24.1 Å². The first-order valence-electron chi connectivity index (χ1n) is 4.46. The number of hydrogen-bond donors (Lipinski definition) is 2. The Labute approximate surface area is 72.5 Å². The monoisotopic (exact) mass is 169 g/mol. The van der Waals surface area contributed by atoms with Crippen molar-refractivity contribution in [3.05, 3.63) is 12.0 Å². The van der Waals surface area contributed by atoms with Gasteiger partial charge in [0, 0.05) is 0 Å². The van der Waals surface area contributed by atoms with E-state index < -0.39 is 0 Å². The molecule has 0 amide bonds. The molecule has 0 spiro atoms. The van der Waals surface area contributed by atoms with E-state index in [4.69, 9.17) is 4.84 Å². The highest BCUT2D eigenvalue weighted by Gasteiger charge is 2.22. The largest absolute Gasteiger partial charge is 0.392 e. The number of hydrogen-bond acceptors (Lipinski definition) is 4. The van der Waals surface area contributed by atoms with Crippen LogP contribution in [0, 0.1) is 0 Å². The molecule has 4 heteroatoms. The van der Waals surface area contributed by atoms with Crippen molar-refractivity contribution in [3.63, 3.8) is 0 Å². The Morgan fingerprint density at radius 3 is 2.83 bits per heavy atom. The van der Waals surface area contributed by atoms with E-state index in [0.717, 1.165) is 18.8 Å². The fourth-order valence-electron chi connectivity index (χ4n) is 1.64. The summed E-state index contributed by atoms with van der Waals surface area (Å²) < 4.78 is 0. The highest BCUT2D eigenvalue weighted by Crippen LogP contribution is 2.15. The zero-order valence-corrected chi connectivity index (χ0v) is 7.34. The Balaban J connectivity index is 1.91. The van der Waals surface area contributed by atoms with Gasteiger partial charge >= 0.3 is 0 Å². The van der Waals surface area contributed by atoms with Gasteiger partial charge in [0.1, 0.15) is 5.76 Å². The van der Waals surface area contributed by atoms with Gasteiger partial charge in [0.15, 0.2) is 0 Å². The molecule has 0 saturated carbocycles. The minimum absolute atomic E-state index is 0.587. The van der Waals surface area contributed by atoms with Gasteiger partial charge in [-0.1, -0.05) is 5.59 Å². The molecule has 0 aromatic rings. The minimum atomic E-state index is 0.587. The second-order valence-electron chi connectivity index (χ2n) is 3.32. The maximum absolute atomic E-state index is 5.14. The number of piperidine rings is 1. The van der Waals surface area contributed by atoms with Crippen molar-refractivity contribution in [2.75, 3.05) is 13.1 Å². The molecule has 0 atom stereocenters. The molecule has 12 heavy (non-hydrogen) atoms. The maximum Gasteiger partial charge on any atom is 0.140 e. The first-order valence-corrected chi connectivity index (χ1v) is 4.46. The summed E-state index contributed by atoms with van der Waals surface area (Å²) in [5, 5.41) is 5.40. The van der Waals surface area contributed by atoms with Crippen LogP contribution >= 0.6 is 0 Å². The van der Waals surface area contributed by atoms with Crippen LogP contribution in [0.2, 0.25) is 0 Å². The Hall–Kier alpha value is -0.740. The smallest absolute Gasteiger partial charge is 0.140 e. The van der Waals surface area contributed by atoms with Crippen LogP contribution in [0.1, 0.15) is 19.8 Å². The maximum atomic E-state index is 5.14. The number of hydrazine groups is 1. The first-order chi connectivity index (χ1) is 5.86. The third-order valence-electron chi connectivity index (χ3n) is 2.33. The van der Waals surface area contributed by atoms with E-state index >= 15 is 0 Å². The van der Waals surface area contributed by atoms with E-state index in [0.29, 0.717) is 6.04 Å². The molecule has 4 nitrogen and oxygen atoms in total. The summed E-state index contributed by atoms with van der Waals surface area (Å²) in [5.41, 5.74) is 2.89. The van der Waals surface area contributed by atoms with Crippen LogP contribution in [0.4, 0.5) is 0 Å². The molecule has 0 radical (unpaired) electrons. The normalized spacial score (nSPS) is 25.4. The lowest BCUT2D eigenvalue weighted by atomic mass is 10.1. The molecule has 2 aliphatic rings. The average molecular weight is 169 g/mol. The standard InChI is InChI=1S/C8H15N3O/c1-7-6-11(10-12-7)8-2-4-9-5-3-8/h6,8-10H,2-5H2,1H3. The summed E-state index contributed by atoms with van der Waals surface area (Å²) in [6.07, 6.45) is 4.39. The molecule has 0 unspecified atom stereocenters. The molecule has 0 aromatic carbocycles. The molecule has 0 aliphatic carbocycles. The van der Waals surface area contributed by atoms with Crippen LogP contribution in [0.3, 0.4) is 0 Å². The summed E-state index contributed by atoms with van der Waals surface area (Å²) >= 11 is 0. The lowest BCUT2D eigenvalue weighted by Gasteiger charge is -2.29. The molecule has 2 N–H and O–H groups in total. The zero-order valence-electron chi connectivity index (χ0n) is 7.34. The molecule has 0 aromatic heterocycles. The second kappa shape index (κ2) is 3.33. The number of rotatable bonds is 1. The summed E-state index contributed by atoms with van der Waals surface area (Å²) in [7, 11) is 0. The highest BCUT2D eigenvalue weighted by molar-refractivity contribution is 4.93. The van der Waals surface area contributed by atoms with Crippen LogP contribution < -0.4 is 10.9 Å². The Morgan fingerprint density at radius 1 is 1.50 bits per heavy atom. The molecule has 68 valence electrons. The minimum Gasteiger partial charge on any atom is -0.392 e. The summed E-state index contributed by atoms with van der Waals surface area (Å²) in [5.74, 6) is 0.938. The molecule has 2 aliphatic heterocycles. The zero-order chi connectivity index (χ0) is 8.39. The summed E-state index contributed by atoms with van der Waals surface area (Å²) in [6, 6.07) is 0.587. The van der Waals surface area contributed by atoms with Gasteiger partial charge in [-0.3, -0.25) is 5.01 Å². The second-order valence-corrected chi connectivity index (χ2v) is 3.32. The van der Waals surface area contributed by atoms with Crippen molar-refractivity contribution < 1.29 is 4.84 Å². The highest BCUT2D eigenvalue weighted by atomic mass is 16.7. The van der Waals surface area contributed by atoms with E-state index in [2.05, 4.69) is 15.9 Å². The molecule has 1 fully saturated rings. The van der Waals surface area contributed by atoms with Gasteiger partial charge in [0.25, 0.3) is 0 Å². The van der Waals surface area contributed by atoms with Crippen molar-refractivity contribution >= 4 is 0 Å². The van der Waals surface area contributed by atoms with Crippen molar-refractivity contribution in [2.45, 2.75) is 25.8 Å². The summed E-state index contributed by atoms with van der Waals surface area (Å²) in [6.45, 7) is 4.17. The fourth-order valence-corrected chi connectivity index (χ4v) is 1.64. The van der Waals surface area contributed by atoms with E-state index in [1.54, 1.807) is 0 Å². The van der Waals surface area contributed by atoms with Crippen LogP contribution in [0.15, 0.2) is 12.0 Å². The first kappa shape index (κ1) is 7.89. The Morgan fingerprint density at radius 2 is 2.25 bits per heavy atom. The Kier molecular flexibility index (Phi) is 2.19. The third-order valence-corrected chi connectivity index (χ3v) is 2.33. The van der Waals surface area contributed by atoms with Gasteiger partial charge in [0.05, 0.1) is 12.2 Å². The molecule has 2 heterocycles. The average Bonchev–Trinajstić information content (AvgIpc) is 2.54. The fraction of sp³-hybridized carbons (Fsp3) is 0.750. The van der Waals surface area contributed by atoms with E-state index in [-0.39, 0.29) is 0 Å². The van der Waals surface area contributed by atoms with Crippen molar-refractivity contribution in [1.82, 2.24) is 15.9 Å². The quantitative estimate of drug-likeness (QED) is 0.594. The Bertz CT molecular complexity index is 187. The lowest BCUT2D eigenvalue weighted by Crippen LogP contribution is -2.44. The van der Waals surface area contributed by atoms with Crippen molar-refractivity contribution in [2.24, 2.45) is 0 Å². The molecular formula is C8H15N3O. The van der Waals surface area contributed by atoms with Gasteiger partial charge in [-0.05, 0) is 32.9 Å². The van der Waals surface area contributed by atoms with Gasteiger partial charge < -0.3 is 10.2 Å². The van der Waals surface area contributed by atoms with E-state index in [1.807, 2.05) is 13.1 Å². The lowest BCUT2D eigenvalue weighted by molar-refractivity contribution is -0.00732. The SMILES string of the molecule is CC1=CN(C2CCNCC2)NO1. The van der Waals surface area contributed by atoms with Gasteiger partial charge in [-0.25, -0.2) is 0 Å². The summed E-state index contributed by atoms with van der Waals surface area (Å²) in [4.78, 5) is 5.14.